The number of likely N-dealkylation sites (N-methyl/N-ethyl adjacent to an activating group) is 1. The molecule has 0 radical (unpaired) electrons. The van der Waals surface area contributed by atoms with Gasteiger partial charge in [0.2, 0.25) is 0 Å². The zero-order chi connectivity index (χ0) is 18.6. The van der Waals surface area contributed by atoms with Gasteiger partial charge in [-0.25, -0.2) is 4.79 Å². The van der Waals surface area contributed by atoms with Crippen LogP contribution in [0.5, 0.6) is 0 Å². The zero-order valence-corrected chi connectivity index (χ0v) is 16.0. The summed E-state index contributed by atoms with van der Waals surface area (Å²) < 4.78 is 5.78. The van der Waals surface area contributed by atoms with E-state index in [4.69, 9.17) is 9.84 Å². The summed E-state index contributed by atoms with van der Waals surface area (Å²) in [5.41, 5.74) is -0.362. The fourth-order valence-electron chi connectivity index (χ4n) is 4.22. The van der Waals surface area contributed by atoms with E-state index in [-0.39, 0.29) is 18.3 Å². The third-order valence-corrected chi connectivity index (χ3v) is 6.09. The summed E-state index contributed by atoms with van der Waals surface area (Å²) in [4.78, 5) is 21.2. The number of rotatable bonds is 7. The average Bonchev–Trinajstić information content (AvgIpc) is 2.97. The third-order valence-electron chi connectivity index (χ3n) is 6.09. The SMILES string of the molecule is CCN1CCN(CCN2CC3(CCN(CC(O)CO)CC3)OC2=O)CC1. The van der Waals surface area contributed by atoms with Gasteiger partial charge in [-0.3, -0.25) is 4.90 Å². The lowest BCUT2D eigenvalue weighted by Crippen LogP contribution is -2.50. The van der Waals surface area contributed by atoms with Gasteiger partial charge in [0.1, 0.15) is 5.60 Å². The Balaban J connectivity index is 1.41. The van der Waals surface area contributed by atoms with Crippen LogP contribution in [-0.2, 0) is 4.74 Å². The van der Waals surface area contributed by atoms with Crippen LogP contribution in [0.4, 0.5) is 4.79 Å². The van der Waals surface area contributed by atoms with E-state index < -0.39 is 6.10 Å². The van der Waals surface area contributed by atoms with Crippen LogP contribution in [0.1, 0.15) is 19.8 Å². The Labute approximate surface area is 156 Å². The monoisotopic (exact) mass is 370 g/mol. The molecular formula is C18H34N4O4. The van der Waals surface area contributed by atoms with E-state index in [0.29, 0.717) is 13.1 Å². The van der Waals surface area contributed by atoms with Gasteiger partial charge in [-0.15, -0.1) is 0 Å². The summed E-state index contributed by atoms with van der Waals surface area (Å²) in [6.45, 7) is 11.9. The van der Waals surface area contributed by atoms with Crippen LogP contribution in [-0.4, -0.2) is 126 Å². The predicted octanol–water partition coefficient (Wildman–Crippen LogP) is -0.736. The molecule has 1 amide bonds. The van der Waals surface area contributed by atoms with Crippen molar-refractivity contribution in [1.82, 2.24) is 19.6 Å². The van der Waals surface area contributed by atoms with Gasteiger partial charge in [0.15, 0.2) is 0 Å². The molecule has 3 aliphatic rings. The lowest BCUT2D eigenvalue weighted by Gasteiger charge is -2.38. The largest absolute Gasteiger partial charge is 0.441 e. The molecule has 3 heterocycles. The molecule has 3 rings (SSSR count). The second-order valence-corrected chi connectivity index (χ2v) is 7.89. The first-order valence-electron chi connectivity index (χ1n) is 9.97. The van der Waals surface area contributed by atoms with Gasteiger partial charge in [-0.05, 0) is 6.54 Å². The molecule has 3 saturated heterocycles. The highest BCUT2D eigenvalue weighted by atomic mass is 16.6. The minimum absolute atomic E-state index is 0.180. The van der Waals surface area contributed by atoms with Gasteiger partial charge in [0.25, 0.3) is 0 Å². The summed E-state index contributed by atoms with van der Waals surface area (Å²) in [5.74, 6) is 0. The number of hydrogen-bond acceptors (Lipinski definition) is 7. The van der Waals surface area contributed by atoms with Crippen LogP contribution < -0.4 is 0 Å². The van der Waals surface area contributed by atoms with Crippen LogP contribution in [0.25, 0.3) is 0 Å². The Bertz CT molecular complexity index is 462. The van der Waals surface area contributed by atoms with Crippen LogP contribution in [0.2, 0.25) is 0 Å². The summed E-state index contributed by atoms with van der Waals surface area (Å²) >= 11 is 0. The molecule has 8 nitrogen and oxygen atoms in total. The maximum absolute atomic E-state index is 12.3. The first-order valence-corrected chi connectivity index (χ1v) is 9.97. The fourth-order valence-corrected chi connectivity index (χ4v) is 4.22. The zero-order valence-electron chi connectivity index (χ0n) is 16.0. The summed E-state index contributed by atoms with van der Waals surface area (Å²) in [6.07, 6.45) is 0.714. The van der Waals surface area contributed by atoms with Crippen molar-refractivity contribution in [2.24, 2.45) is 0 Å². The Morgan fingerprint density at radius 1 is 1.04 bits per heavy atom. The van der Waals surface area contributed by atoms with Crippen LogP contribution >= 0.6 is 0 Å². The quantitative estimate of drug-likeness (QED) is 0.611. The lowest BCUT2D eigenvalue weighted by molar-refractivity contribution is -0.0159. The molecule has 3 fully saturated rings. The summed E-state index contributed by atoms with van der Waals surface area (Å²) in [5, 5.41) is 18.6. The number of β-amino-alcohol motifs (C(OH)–C–C–N with tert-alkyl or cyclic N) is 1. The van der Waals surface area contributed by atoms with Crippen molar-refractivity contribution < 1.29 is 19.7 Å². The first-order chi connectivity index (χ1) is 12.5. The number of aliphatic hydroxyl groups is 2. The number of carbonyl (C=O) groups is 1. The number of amides is 1. The fraction of sp³-hybridized carbons (Fsp3) is 0.944. The molecule has 0 aromatic carbocycles. The van der Waals surface area contributed by atoms with Crippen molar-refractivity contribution in [3.8, 4) is 0 Å². The van der Waals surface area contributed by atoms with Gasteiger partial charge in [-0.2, -0.15) is 0 Å². The number of aliphatic hydroxyl groups excluding tert-OH is 2. The van der Waals surface area contributed by atoms with E-state index in [1.54, 1.807) is 0 Å². The molecule has 1 atom stereocenters. The average molecular weight is 370 g/mol. The number of nitrogens with zero attached hydrogens (tertiary/aromatic N) is 4. The van der Waals surface area contributed by atoms with Crippen molar-refractivity contribution in [3.05, 3.63) is 0 Å². The molecule has 150 valence electrons. The number of likely N-dealkylation sites (tertiary alicyclic amines) is 1. The Kier molecular flexibility index (Phi) is 6.74. The molecule has 0 aromatic heterocycles. The van der Waals surface area contributed by atoms with E-state index in [0.717, 1.165) is 71.7 Å². The molecule has 26 heavy (non-hydrogen) atoms. The maximum atomic E-state index is 12.3. The standard InChI is InChI=1S/C18H34N4O4/c1-2-19-7-9-20(10-8-19)11-12-22-15-18(26-17(22)25)3-5-21(6-4-18)13-16(24)14-23/h16,23-24H,2-15H2,1H3. The molecular weight excluding hydrogens is 336 g/mol. The number of piperidine rings is 1. The number of ether oxygens (including phenoxy) is 1. The molecule has 1 unspecified atom stereocenters. The van der Waals surface area contributed by atoms with E-state index >= 15 is 0 Å². The van der Waals surface area contributed by atoms with Crippen molar-refractivity contribution in [2.45, 2.75) is 31.5 Å². The highest BCUT2D eigenvalue weighted by molar-refractivity contribution is 5.70. The second-order valence-electron chi connectivity index (χ2n) is 7.89. The van der Waals surface area contributed by atoms with Gasteiger partial charge >= 0.3 is 6.09 Å². The Hall–Kier alpha value is -0.930. The second kappa shape index (κ2) is 8.84. The van der Waals surface area contributed by atoms with E-state index in [1.807, 2.05) is 4.90 Å². The summed E-state index contributed by atoms with van der Waals surface area (Å²) in [7, 11) is 0. The number of hydrogen-bond donors (Lipinski definition) is 2. The highest BCUT2D eigenvalue weighted by Gasteiger charge is 2.46. The Morgan fingerprint density at radius 2 is 1.69 bits per heavy atom. The van der Waals surface area contributed by atoms with Crippen molar-refractivity contribution >= 4 is 6.09 Å². The smallest absolute Gasteiger partial charge is 0.410 e. The van der Waals surface area contributed by atoms with Gasteiger partial charge in [-0.1, -0.05) is 6.92 Å². The first kappa shape index (κ1) is 19.8. The summed E-state index contributed by atoms with van der Waals surface area (Å²) in [6, 6.07) is 0. The van der Waals surface area contributed by atoms with E-state index in [9.17, 15) is 9.90 Å². The highest BCUT2D eigenvalue weighted by Crippen LogP contribution is 2.33. The molecule has 0 bridgehead atoms. The van der Waals surface area contributed by atoms with E-state index in [1.165, 1.54) is 0 Å². The van der Waals surface area contributed by atoms with Gasteiger partial charge < -0.3 is 29.6 Å². The lowest BCUT2D eigenvalue weighted by atomic mass is 9.91. The van der Waals surface area contributed by atoms with Crippen LogP contribution in [0.3, 0.4) is 0 Å². The predicted molar refractivity (Wildman–Crippen MR) is 98.1 cm³/mol. The normalized spacial score (nSPS) is 26.4. The van der Waals surface area contributed by atoms with Gasteiger partial charge in [0, 0.05) is 71.7 Å². The van der Waals surface area contributed by atoms with Crippen molar-refractivity contribution in [2.75, 3.05) is 78.6 Å². The van der Waals surface area contributed by atoms with E-state index in [2.05, 4.69) is 21.6 Å². The van der Waals surface area contributed by atoms with Gasteiger partial charge in [0.05, 0.1) is 19.3 Å². The minimum atomic E-state index is -0.695. The molecule has 0 saturated carbocycles. The van der Waals surface area contributed by atoms with Crippen LogP contribution in [0.15, 0.2) is 0 Å². The molecule has 2 N–H and O–H groups in total. The topological polar surface area (TPSA) is 79.7 Å². The van der Waals surface area contributed by atoms with Crippen LogP contribution in [0, 0.1) is 0 Å². The molecule has 0 aliphatic carbocycles. The number of carbonyl (C=O) groups excluding carboxylic acids is 1. The van der Waals surface area contributed by atoms with Crippen molar-refractivity contribution in [1.29, 1.82) is 0 Å². The Morgan fingerprint density at radius 3 is 2.31 bits per heavy atom. The molecule has 3 aliphatic heterocycles. The number of piperazine rings is 1. The third kappa shape index (κ3) is 4.86. The van der Waals surface area contributed by atoms with Crippen molar-refractivity contribution in [3.63, 3.8) is 0 Å². The molecule has 1 spiro atoms. The minimum Gasteiger partial charge on any atom is -0.441 e. The maximum Gasteiger partial charge on any atom is 0.410 e. The molecule has 0 aromatic rings. The molecule has 8 heteroatoms.